The van der Waals surface area contributed by atoms with Gasteiger partial charge in [0.1, 0.15) is 0 Å². The Balaban J connectivity index is 4.36. The van der Waals surface area contributed by atoms with Gasteiger partial charge in [-0.1, -0.05) is 13.3 Å². The first-order valence-corrected chi connectivity index (χ1v) is 5.83. The molecule has 0 spiro atoms. The number of hydrogen-bond donors (Lipinski definition) is 0. The van der Waals surface area contributed by atoms with Crippen LogP contribution in [0, 0.1) is 10.1 Å². The van der Waals surface area contributed by atoms with Gasteiger partial charge in [-0.05, 0) is 6.42 Å². The van der Waals surface area contributed by atoms with Crippen LogP contribution in [0.2, 0.25) is 0 Å². The lowest BCUT2D eigenvalue weighted by molar-refractivity contribution is -0.497. The van der Waals surface area contributed by atoms with E-state index in [0.717, 1.165) is 0 Å². The standard InChI is InChI=1S/C5H10ClNO4S/c1-2-3-4-5(7(8)9)12(6,10)11/h5H,2-4H2,1H3. The van der Waals surface area contributed by atoms with E-state index in [-0.39, 0.29) is 6.42 Å². The van der Waals surface area contributed by atoms with E-state index in [1.165, 1.54) is 0 Å². The van der Waals surface area contributed by atoms with E-state index in [1.807, 2.05) is 6.92 Å². The van der Waals surface area contributed by atoms with Gasteiger partial charge in [-0.3, -0.25) is 10.1 Å². The van der Waals surface area contributed by atoms with Crippen LogP contribution < -0.4 is 0 Å². The van der Waals surface area contributed by atoms with Gasteiger partial charge in [0.15, 0.2) is 0 Å². The van der Waals surface area contributed by atoms with Crippen molar-refractivity contribution in [3.8, 4) is 0 Å². The molecule has 0 aromatic heterocycles. The lowest BCUT2D eigenvalue weighted by atomic mass is 10.2. The van der Waals surface area contributed by atoms with Gasteiger partial charge in [-0.2, -0.15) is 0 Å². The van der Waals surface area contributed by atoms with Gasteiger partial charge < -0.3 is 0 Å². The van der Waals surface area contributed by atoms with Crippen LogP contribution >= 0.6 is 10.7 Å². The van der Waals surface area contributed by atoms with E-state index < -0.39 is 19.3 Å². The second-order valence-corrected chi connectivity index (χ2v) is 5.14. The minimum atomic E-state index is -4.06. The number of nitro groups is 1. The molecule has 0 aromatic carbocycles. The summed E-state index contributed by atoms with van der Waals surface area (Å²) in [5.41, 5.74) is 0. The number of unbranched alkanes of at least 4 members (excludes halogenated alkanes) is 1. The topological polar surface area (TPSA) is 77.3 Å². The van der Waals surface area contributed by atoms with Crippen molar-refractivity contribution in [1.29, 1.82) is 0 Å². The van der Waals surface area contributed by atoms with Gasteiger partial charge >= 0.3 is 14.4 Å². The Morgan fingerprint density at radius 2 is 2.08 bits per heavy atom. The van der Waals surface area contributed by atoms with Crippen LogP contribution in [-0.2, 0) is 9.05 Å². The van der Waals surface area contributed by atoms with Gasteiger partial charge in [-0.15, -0.1) is 0 Å². The zero-order valence-corrected chi connectivity index (χ0v) is 8.14. The molecule has 1 unspecified atom stereocenters. The van der Waals surface area contributed by atoms with Gasteiger partial charge in [-0.25, -0.2) is 8.42 Å². The van der Waals surface area contributed by atoms with E-state index in [9.17, 15) is 18.5 Å². The van der Waals surface area contributed by atoms with Crippen molar-refractivity contribution in [2.45, 2.75) is 31.6 Å². The summed E-state index contributed by atoms with van der Waals surface area (Å²) in [7, 11) is 0.797. The molecule has 12 heavy (non-hydrogen) atoms. The fourth-order valence-corrected chi connectivity index (χ4v) is 1.84. The van der Waals surface area contributed by atoms with Crippen LogP contribution in [0.5, 0.6) is 0 Å². The third-order valence-corrected chi connectivity index (χ3v) is 3.04. The molecule has 7 heteroatoms. The van der Waals surface area contributed by atoms with E-state index in [0.29, 0.717) is 12.8 Å². The number of nitrogens with zero attached hydrogens (tertiary/aromatic N) is 1. The Morgan fingerprint density at radius 1 is 1.58 bits per heavy atom. The molecule has 0 rings (SSSR count). The minimum Gasteiger partial charge on any atom is -0.263 e. The summed E-state index contributed by atoms with van der Waals surface area (Å²) >= 11 is 0. The van der Waals surface area contributed by atoms with Crippen molar-refractivity contribution in [1.82, 2.24) is 0 Å². The molecule has 72 valence electrons. The van der Waals surface area contributed by atoms with Gasteiger partial charge in [0.05, 0.1) is 0 Å². The Morgan fingerprint density at radius 3 is 2.33 bits per heavy atom. The molecule has 5 nitrogen and oxygen atoms in total. The maximum Gasteiger partial charge on any atom is 0.324 e. The number of halogens is 1. The monoisotopic (exact) mass is 215 g/mol. The Labute approximate surface area is 75.3 Å². The van der Waals surface area contributed by atoms with E-state index in [1.54, 1.807) is 0 Å². The highest BCUT2D eigenvalue weighted by atomic mass is 35.7. The third-order valence-electron chi connectivity index (χ3n) is 1.36. The summed E-state index contributed by atoms with van der Waals surface area (Å²) in [6, 6.07) is 0. The summed E-state index contributed by atoms with van der Waals surface area (Å²) in [5.74, 6) is 0. The number of hydrogen-bond acceptors (Lipinski definition) is 4. The zero-order chi connectivity index (χ0) is 9.78. The first kappa shape index (κ1) is 11.6. The molecule has 0 saturated heterocycles. The third kappa shape index (κ3) is 3.87. The summed E-state index contributed by atoms with van der Waals surface area (Å²) in [6.45, 7) is 1.82. The summed E-state index contributed by atoms with van der Waals surface area (Å²) in [4.78, 5) is 9.33. The zero-order valence-electron chi connectivity index (χ0n) is 6.57. The second-order valence-electron chi connectivity index (χ2n) is 2.36. The molecule has 0 radical (unpaired) electrons. The summed E-state index contributed by atoms with van der Waals surface area (Å²) < 4.78 is 21.2. The molecule has 0 amide bonds. The number of rotatable bonds is 5. The van der Waals surface area contributed by atoms with Crippen LogP contribution in [-0.4, -0.2) is 18.7 Å². The molecule has 0 saturated carbocycles. The average molecular weight is 216 g/mol. The van der Waals surface area contributed by atoms with Crippen molar-refractivity contribution >= 4 is 19.7 Å². The van der Waals surface area contributed by atoms with Crippen LogP contribution in [0.15, 0.2) is 0 Å². The lowest BCUT2D eigenvalue weighted by Gasteiger charge is -2.03. The maximum atomic E-state index is 10.6. The van der Waals surface area contributed by atoms with Crippen molar-refractivity contribution < 1.29 is 13.3 Å². The molecule has 0 aromatic rings. The average Bonchev–Trinajstić information content (AvgIpc) is 1.84. The normalized spacial score (nSPS) is 14.2. The van der Waals surface area contributed by atoms with E-state index in [2.05, 4.69) is 0 Å². The second kappa shape index (κ2) is 4.61. The maximum absolute atomic E-state index is 10.6. The Bertz CT molecular complexity index is 250. The van der Waals surface area contributed by atoms with Gasteiger partial charge in [0.2, 0.25) is 0 Å². The van der Waals surface area contributed by atoms with Crippen molar-refractivity contribution in [3.05, 3.63) is 10.1 Å². The molecule has 0 heterocycles. The first-order valence-electron chi connectivity index (χ1n) is 3.46. The SMILES string of the molecule is CCCCC([N+](=O)[O-])S(=O)(=O)Cl. The molecule has 0 aliphatic rings. The summed E-state index contributed by atoms with van der Waals surface area (Å²) in [6.07, 6.45) is 1.17. The van der Waals surface area contributed by atoms with Crippen molar-refractivity contribution in [3.63, 3.8) is 0 Å². The van der Waals surface area contributed by atoms with Crippen molar-refractivity contribution in [2.75, 3.05) is 0 Å². The van der Waals surface area contributed by atoms with Gasteiger partial charge in [0, 0.05) is 22.0 Å². The molecule has 0 N–H and O–H groups in total. The molecule has 0 aliphatic carbocycles. The quantitative estimate of drug-likeness (QED) is 0.394. The minimum absolute atomic E-state index is 0.0185. The smallest absolute Gasteiger partial charge is 0.263 e. The summed E-state index contributed by atoms with van der Waals surface area (Å²) in [5, 5.41) is 8.54. The largest absolute Gasteiger partial charge is 0.324 e. The van der Waals surface area contributed by atoms with Crippen LogP contribution in [0.25, 0.3) is 0 Å². The highest BCUT2D eigenvalue weighted by molar-refractivity contribution is 8.14. The Kier molecular flexibility index (Phi) is 4.47. The fourth-order valence-electron chi connectivity index (χ4n) is 0.728. The lowest BCUT2D eigenvalue weighted by Crippen LogP contribution is -2.25. The van der Waals surface area contributed by atoms with Crippen molar-refractivity contribution in [2.24, 2.45) is 0 Å². The molecular weight excluding hydrogens is 206 g/mol. The first-order chi connectivity index (χ1) is 5.39. The van der Waals surface area contributed by atoms with Crippen LogP contribution in [0.4, 0.5) is 0 Å². The van der Waals surface area contributed by atoms with Crippen LogP contribution in [0.3, 0.4) is 0 Å². The van der Waals surface area contributed by atoms with E-state index in [4.69, 9.17) is 10.7 Å². The highest BCUT2D eigenvalue weighted by Gasteiger charge is 2.33. The highest BCUT2D eigenvalue weighted by Crippen LogP contribution is 2.14. The predicted molar refractivity (Wildman–Crippen MR) is 45.1 cm³/mol. The predicted octanol–water partition coefficient (Wildman–Crippen LogP) is 1.35. The molecule has 1 atom stereocenters. The van der Waals surface area contributed by atoms with E-state index >= 15 is 0 Å². The Hall–Kier alpha value is -0.360. The van der Waals surface area contributed by atoms with Crippen LogP contribution in [0.1, 0.15) is 26.2 Å². The van der Waals surface area contributed by atoms with Gasteiger partial charge in [0.25, 0.3) is 0 Å². The molecular formula is C5H10ClNO4S. The molecule has 0 fully saturated rings. The molecule has 0 bridgehead atoms. The fraction of sp³-hybridized carbons (Fsp3) is 1.00. The molecule has 0 aliphatic heterocycles.